The van der Waals surface area contributed by atoms with E-state index in [1.807, 2.05) is 31.4 Å². The molecule has 7 heteroatoms. The first-order valence-corrected chi connectivity index (χ1v) is 10.9. The van der Waals surface area contributed by atoms with Crippen LogP contribution in [-0.2, 0) is 18.3 Å². The predicted molar refractivity (Wildman–Crippen MR) is 119 cm³/mol. The summed E-state index contributed by atoms with van der Waals surface area (Å²) in [6.45, 7) is 12.7. The highest BCUT2D eigenvalue weighted by molar-refractivity contribution is 5.72. The van der Waals surface area contributed by atoms with Gasteiger partial charge in [-0.05, 0) is 64.0 Å². The van der Waals surface area contributed by atoms with Crippen LogP contribution in [0.5, 0.6) is 0 Å². The third-order valence-electron chi connectivity index (χ3n) is 5.50. The number of alkyl carbamates (subject to hydrolysis) is 1. The van der Waals surface area contributed by atoms with E-state index < -0.39 is 5.60 Å². The Kier molecular flexibility index (Phi) is 6.03. The summed E-state index contributed by atoms with van der Waals surface area (Å²) in [5.41, 5.74) is 2.17. The lowest BCUT2D eigenvalue weighted by Crippen LogP contribution is -2.40. The van der Waals surface area contributed by atoms with Crippen molar-refractivity contribution in [2.45, 2.75) is 91.3 Å². The number of carbonyl (C=O) groups is 1. The maximum absolute atomic E-state index is 12.7. The summed E-state index contributed by atoms with van der Waals surface area (Å²) >= 11 is 0. The smallest absolute Gasteiger partial charge is 0.407 e. The molecule has 7 nitrogen and oxygen atoms in total. The van der Waals surface area contributed by atoms with Crippen molar-refractivity contribution in [2.75, 3.05) is 0 Å². The predicted octanol–water partition coefficient (Wildman–Crippen LogP) is 4.33. The summed E-state index contributed by atoms with van der Waals surface area (Å²) in [6.07, 6.45) is 3.35. The highest BCUT2D eigenvalue weighted by Crippen LogP contribution is 2.33. The average molecular weight is 417 g/mol. The quantitative estimate of drug-likeness (QED) is 0.808. The Morgan fingerprint density at radius 3 is 2.33 bits per heavy atom. The van der Waals surface area contributed by atoms with Gasteiger partial charge in [-0.15, -0.1) is 0 Å². The maximum atomic E-state index is 12.7. The normalized spacial score (nSPS) is 20.4. The third kappa shape index (κ3) is 5.24. The fourth-order valence-electron chi connectivity index (χ4n) is 4.15. The van der Waals surface area contributed by atoms with Crippen molar-refractivity contribution in [1.82, 2.24) is 19.4 Å². The van der Waals surface area contributed by atoms with Crippen LogP contribution in [0.3, 0.4) is 0 Å². The van der Waals surface area contributed by atoms with Crippen LogP contribution < -0.4 is 11.0 Å². The van der Waals surface area contributed by atoms with Crippen LogP contribution >= 0.6 is 0 Å². The minimum absolute atomic E-state index is 0.0102. The number of rotatable bonds is 3. The van der Waals surface area contributed by atoms with Gasteiger partial charge in [0.25, 0.3) is 0 Å². The maximum Gasteiger partial charge on any atom is 0.407 e. The number of ether oxygens (including phenoxy) is 1. The second-order valence-electron chi connectivity index (χ2n) is 10.8. The van der Waals surface area contributed by atoms with Gasteiger partial charge in [0.05, 0.1) is 5.52 Å². The number of pyridine rings is 1. The molecule has 0 atom stereocenters. The standard InChI is InChI=1S/C23H36N4O3/c1-22(2,3)14-27-18-13-12-17(25-19(18)26(7)21(27)29)15-8-10-16(11-9-15)24-20(28)30-23(4,5)6/h12-13,15-16H,8-11,14H2,1-7H3,(H,24,28). The molecule has 3 rings (SSSR count). The van der Waals surface area contributed by atoms with Crippen molar-refractivity contribution in [1.29, 1.82) is 0 Å². The summed E-state index contributed by atoms with van der Waals surface area (Å²) in [4.78, 5) is 29.6. The molecule has 30 heavy (non-hydrogen) atoms. The van der Waals surface area contributed by atoms with E-state index in [0.717, 1.165) is 42.5 Å². The fraction of sp³-hybridized carbons (Fsp3) is 0.696. The lowest BCUT2D eigenvalue weighted by Gasteiger charge is -2.29. The van der Waals surface area contributed by atoms with E-state index in [9.17, 15) is 9.59 Å². The third-order valence-corrected chi connectivity index (χ3v) is 5.50. The van der Waals surface area contributed by atoms with Crippen molar-refractivity contribution in [3.05, 3.63) is 28.3 Å². The van der Waals surface area contributed by atoms with Crippen LogP contribution in [0.2, 0.25) is 0 Å². The number of aryl methyl sites for hydroxylation is 1. The van der Waals surface area contributed by atoms with Gasteiger partial charge in [-0.2, -0.15) is 0 Å². The van der Waals surface area contributed by atoms with Gasteiger partial charge >= 0.3 is 11.8 Å². The molecule has 2 heterocycles. The fourth-order valence-corrected chi connectivity index (χ4v) is 4.15. The van der Waals surface area contributed by atoms with E-state index in [1.54, 1.807) is 11.6 Å². The number of aromatic nitrogens is 3. The van der Waals surface area contributed by atoms with Gasteiger partial charge in [-0.1, -0.05) is 20.8 Å². The van der Waals surface area contributed by atoms with Crippen molar-refractivity contribution in [3.8, 4) is 0 Å². The molecule has 1 aliphatic carbocycles. The molecule has 0 bridgehead atoms. The Bertz CT molecular complexity index is 967. The number of imidazole rings is 1. The first kappa shape index (κ1) is 22.4. The Hall–Kier alpha value is -2.31. The number of hydrogen-bond acceptors (Lipinski definition) is 4. The van der Waals surface area contributed by atoms with Crippen molar-refractivity contribution in [2.24, 2.45) is 12.5 Å². The van der Waals surface area contributed by atoms with Crippen LogP contribution in [0.15, 0.2) is 16.9 Å². The van der Waals surface area contributed by atoms with E-state index in [2.05, 4.69) is 32.2 Å². The Morgan fingerprint density at radius 2 is 1.77 bits per heavy atom. The van der Waals surface area contributed by atoms with Crippen molar-refractivity contribution >= 4 is 17.3 Å². The summed E-state index contributed by atoms with van der Waals surface area (Å²) in [5.74, 6) is 0.340. The number of carbonyl (C=O) groups excluding carboxylic acids is 1. The van der Waals surface area contributed by atoms with Gasteiger partial charge in [0.2, 0.25) is 0 Å². The number of amides is 1. The van der Waals surface area contributed by atoms with E-state index in [-0.39, 0.29) is 23.2 Å². The zero-order valence-corrected chi connectivity index (χ0v) is 19.4. The molecule has 1 N–H and O–H groups in total. The summed E-state index contributed by atoms with van der Waals surface area (Å²) in [7, 11) is 1.79. The largest absolute Gasteiger partial charge is 0.444 e. The summed E-state index contributed by atoms with van der Waals surface area (Å²) in [5, 5.41) is 2.99. The van der Waals surface area contributed by atoms with E-state index in [1.165, 1.54) is 0 Å². The molecule has 2 aromatic rings. The molecule has 0 spiro atoms. The van der Waals surface area contributed by atoms with Crippen LogP contribution in [0.1, 0.15) is 78.8 Å². The molecular weight excluding hydrogens is 380 g/mol. The Balaban J connectivity index is 1.71. The average Bonchev–Trinajstić information content (AvgIpc) is 2.84. The van der Waals surface area contributed by atoms with E-state index in [4.69, 9.17) is 9.72 Å². The zero-order chi connectivity index (χ0) is 22.3. The van der Waals surface area contributed by atoms with Crippen molar-refractivity contribution in [3.63, 3.8) is 0 Å². The summed E-state index contributed by atoms with van der Waals surface area (Å²) < 4.78 is 8.84. The van der Waals surface area contributed by atoms with Gasteiger partial charge in [0.15, 0.2) is 5.65 Å². The topological polar surface area (TPSA) is 78.2 Å². The molecule has 0 unspecified atom stereocenters. The second-order valence-corrected chi connectivity index (χ2v) is 10.8. The number of hydrogen-bond donors (Lipinski definition) is 1. The molecule has 1 fully saturated rings. The van der Waals surface area contributed by atoms with Gasteiger partial charge in [-0.25, -0.2) is 14.6 Å². The molecule has 2 aromatic heterocycles. The molecule has 1 amide bonds. The molecule has 1 saturated carbocycles. The minimum atomic E-state index is -0.486. The Labute approximate surface area is 178 Å². The highest BCUT2D eigenvalue weighted by atomic mass is 16.6. The van der Waals surface area contributed by atoms with E-state index in [0.29, 0.717) is 12.5 Å². The highest BCUT2D eigenvalue weighted by Gasteiger charge is 2.27. The molecule has 0 saturated heterocycles. The van der Waals surface area contributed by atoms with Crippen LogP contribution in [0.4, 0.5) is 4.79 Å². The monoisotopic (exact) mass is 416 g/mol. The van der Waals surface area contributed by atoms with Crippen LogP contribution in [0, 0.1) is 5.41 Å². The van der Waals surface area contributed by atoms with Gasteiger partial charge in [0, 0.05) is 31.2 Å². The van der Waals surface area contributed by atoms with Crippen LogP contribution in [0.25, 0.3) is 11.2 Å². The van der Waals surface area contributed by atoms with Crippen molar-refractivity contribution < 1.29 is 9.53 Å². The first-order valence-electron chi connectivity index (χ1n) is 10.9. The van der Waals surface area contributed by atoms with Gasteiger partial charge in [0.1, 0.15) is 5.60 Å². The molecule has 166 valence electrons. The molecule has 0 radical (unpaired) electrons. The SMILES string of the molecule is Cn1c(=O)n(CC(C)(C)C)c2ccc(C3CCC(NC(=O)OC(C)(C)C)CC3)nc21. The van der Waals surface area contributed by atoms with E-state index >= 15 is 0 Å². The van der Waals surface area contributed by atoms with Gasteiger partial charge in [-0.3, -0.25) is 9.13 Å². The van der Waals surface area contributed by atoms with Crippen LogP contribution in [-0.4, -0.2) is 31.9 Å². The van der Waals surface area contributed by atoms with Gasteiger partial charge < -0.3 is 10.1 Å². The second kappa shape index (κ2) is 8.08. The first-order chi connectivity index (χ1) is 13.8. The number of nitrogens with zero attached hydrogens (tertiary/aromatic N) is 3. The summed E-state index contributed by atoms with van der Waals surface area (Å²) in [6, 6.07) is 4.24. The number of fused-ring (bicyclic) bond motifs is 1. The molecular formula is C23H36N4O3. The molecule has 0 aromatic carbocycles. The lowest BCUT2D eigenvalue weighted by molar-refractivity contribution is 0.0491. The molecule has 1 aliphatic rings. The lowest BCUT2D eigenvalue weighted by atomic mass is 9.84. The number of nitrogens with one attached hydrogen (secondary N) is 1. The Morgan fingerprint density at radius 1 is 1.13 bits per heavy atom. The zero-order valence-electron chi connectivity index (χ0n) is 19.4. The molecule has 0 aliphatic heterocycles. The minimum Gasteiger partial charge on any atom is -0.444 e.